The van der Waals surface area contributed by atoms with Crippen molar-refractivity contribution in [3.63, 3.8) is 0 Å². The van der Waals surface area contributed by atoms with Crippen molar-refractivity contribution in [1.82, 2.24) is 9.78 Å². The number of anilines is 1. The number of hydrogen-bond acceptors (Lipinski definition) is 3. The molecule has 0 radical (unpaired) electrons. The number of carboxylic acids is 1. The predicted octanol–water partition coefficient (Wildman–Crippen LogP) is 1.19. The number of carbonyl (C=O) groups excluding carboxylic acids is 1. The van der Waals surface area contributed by atoms with E-state index in [1.807, 2.05) is 19.1 Å². The van der Waals surface area contributed by atoms with Crippen LogP contribution in [0.1, 0.15) is 12.1 Å². The number of rotatable bonds is 3. The van der Waals surface area contributed by atoms with Crippen LogP contribution in [0.3, 0.4) is 0 Å². The molecule has 1 aromatic rings. The lowest BCUT2D eigenvalue weighted by atomic mass is 9.82. The van der Waals surface area contributed by atoms with E-state index in [1.54, 1.807) is 17.8 Å². The maximum absolute atomic E-state index is 12.4. The first-order valence-corrected chi connectivity index (χ1v) is 6.70. The first-order valence-electron chi connectivity index (χ1n) is 6.70. The number of allylic oxidation sites excluding steroid dienone is 2. The van der Waals surface area contributed by atoms with Crippen molar-refractivity contribution in [2.24, 2.45) is 30.7 Å². The summed E-state index contributed by atoms with van der Waals surface area (Å²) in [6.45, 7) is 1.89. The van der Waals surface area contributed by atoms with Gasteiger partial charge in [0, 0.05) is 18.8 Å². The fourth-order valence-corrected chi connectivity index (χ4v) is 3.35. The standard InChI is InChI=1S/C14H17N3O3/c1-7-5-10(16-17(7)2)15-13(18)11-8-3-4-9(6-8)12(11)14(19)20/h3-5,8-9,11-12H,6H2,1-2H3,(H,19,20)(H,15,16,18)/t8-,9-,11+,12+/m0/s1. The molecular weight excluding hydrogens is 258 g/mol. The SMILES string of the molecule is Cc1cc(NC(=O)[C@H]2[C@H](C(=O)O)[C@H]3C=C[C@H]2C3)nn1C. The van der Waals surface area contributed by atoms with Crippen LogP contribution in [0.2, 0.25) is 0 Å². The Balaban J connectivity index is 1.79. The van der Waals surface area contributed by atoms with E-state index in [9.17, 15) is 14.7 Å². The normalized spacial score (nSPS) is 30.7. The molecule has 3 rings (SSSR count). The molecule has 2 aliphatic carbocycles. The zero-order valence-corrected chi connectivity index (χ0v) is 11.4. The Bertz CT molecular complexity index is 585. The Morgan fingerprint density at radius 1 is 1.35 bits per heavy atom. The average Bonchev–Trinajstić information content (AvgIpc) is 3.04. The molecule has 4 atom stereocenters. The van der Waals surface area contributed by atoms with Crippen LogP contribution in [0, 0.1) is 30.6 Å². The molecule has 20 heavy (non-hydrogen) atoms. The van der Waals surface area contributed by atoms with Gasteiger partial charge in [-0.25, -0.2) is 0 Å². The highest BCUT2D eigenvalue weighted by Crippen LogP contribution is 2.48. The molecule has 0 spiro atoms. The number of aromatic nitrogens is 2. The van der Waals surface area contributed by atoms with Gasteiger partial charge in [0.2, 0.25) is 5.91 Å². The molecule has 2 aliphatic rings. The van der Waals surface area contributed by atoms with Crippen LogP contribution in [-0.2, 0) is 16.6 Å². The third-order valence-corrected chi connectivity index (χ3v) is 4.41. The number of carboxylic acid groups (broad SMARTS) is 1. The van der Waals surface area contributed by atoms with Crippen molar-refractivity contribution in [3.05, 3.63) is 23.9 Å². The van der Waals surface area contributed by atoms with Gasteiger partial charge in [0.15, 0.2) is 5.82 Å². The second-order valence-corrected chi connectivity index (χ2v) is 5.62. The quantitative estimate of drug-likeness (QED) is 0.812. The highest BCUT2D eigenvalue weighted by Gasteiger charge is 2.51. The molecule has 1 saturated carbocycles. The molecule has 6 nitrogen and oxygen atoms in total. The summed E-state index contributed by atoms with van der Waals surface area (Å²) < 4.78 is 1.67. The summed E-state index contributed by atoms with van der Waals surface area (Å²) >= 11 is 0. The highest BCUT2D eigenvalue weighted by atomic mass is 16.4. The van der Waals surface area contributed by atoms with Crippen molar-refractivity contribution >= 4 is 17.7 Å². The van der Waals surface area contributed by atoms with E-state index in [0.29, 0.717) is 5.82 Å². The number of aliphatic carboxylic acids is 1. The topological polar surface area (TPSA) is 84.2 Å². The van der Waals surface area contributed by atoms with Crippen LogP contribution in [0.15, 0.2) is 18.2 Å². The smallest absolute Gasteiger partial charge is 0.307 e. The summed E-state index contributed by atoms with van der Waals surface area (Å²) in [6.07, 6.45) is 4.66. The van der Waals surface area contributed by atoms with Gasteiger partial charge >= 0.3 is 5.97 Å². The van der Waals surface area contributed by atoms with Gasteiger partial charge in [0.1, 0.15) is 0 Å². The summed E-state index contributed by atoms with van der Waals surface area (Å²) in [5.74, 6) is -1.75. The molecule has 106 valence electrons. The summed E-state index contributed by atoms with van der Waals surface area (Å²) in [7, 11) is 1.80. The molecule has 1 amide bonds. The largest absolute Gasteiger partial charge is 0.481 e. The monoisotopic (exact) mass is 275 g/mol. The van der Waals surface area contributed by atoms with E-state index in [4.69, 9.17) is 0 Å². The highest BCUT2D eigenvalue weighted by molar-refractivity contribution is 5.95. The number of carbonyl (C=O) groups is 2. The van der Waals surface area contributed by atoms with Crippen LogP contribution < -0.4 is 5.32 Å². The number of fused-ring (bicyclic) bond motifs is 2. The van der Waals surface area contributed by atoms with E-state index >= 15 is 0 Å². The van der Waals surface area contributed by atoms with Crippen molar-refractivity contribution in [1.29, 1.82) is 0 Å². The minimum atomic E-state index is -0.890. The van der Waals surface area contributed by atoms with Crippen LogP contribution >= 0.6 is 0 Å². The van der Waals surface area contributed by atoms with Crippen molar-refractivity contribution < 1.29 is 14.7 Å². The van der Waals surface area contributed by atoms with Gasteiger partial charge < -0.3 is 10.4 Å². The minimum Gasteiger partial charge on any atom is -0.481 e. The zero-order chi connectivity index (χ0) is 14.4. The Hall–Kier alpha value is -2.11. The molecule has 1 aromatic heterocycles. The van der Waals surface area contributed by atoms with Crippen molar-refractivity contribution in [3.8, 4) is 0 Å². The summed E-state index contributed by atoms with van der Waals surface area (Å²) in [5, 5.41) is 16.3. The maximum Gasteiger partial charge on any atom is 0.307 e. The molecule has 0 aliphatic heterocycles. The third-order valence-electron chi connectivity index (χ3n) is 4.41. The fraction of sp³-hybridized carbons (Fsp3) is 0.500. The first-order chi connectivity index (χ1) is 9.47. The Labute approximate surface area is 116 Å². The van der Waals surface area contributed by atoms with Gasteiger partial charge in [0.05, 0.1) is 11.8 Å². The predicted molar refractivity (Wildman–Crippen MR) is 71.9 cm³/mol. The Morgan fingerprint density at radius 3 is 2.55 bits per heavy atom. The maximum atomic E-state index is 12.4. The first kappa shape index (κ1) is 12.9. The van der Waals surface area contributed by atoms with Gasteiger partial charge in [-0.2, -0.15) is 5.10 Å². The molecular formula is C14H17N3O3. The molecule has 2 bridgehead atoms. The molecule has 0 unspecified atom stereocenters. The summed E-state index contributed by atoms with van der Waals surface area (Å²) in [4.78, 5) is 23.8. The summed E-state index contributed by atoms with van der Waals surface area (Å²) in [5.41, 5.74) is 0.933. The lowest BCUT2D eigenvalue weighted by molar-refractivity contribution is -0.146. The van der Waals surface area contributed by atoms with Crippen molar-refractivity contribution in [2.75, 3.05) is 5.32 Å². The van der Waals surface area contributed by atoms with Gasteiger partial charge in [-0.05, 0) is 25.2 Å². The van der Waals surface area contributed by atoms with Gasteiger partial charge in [0.25, 0.3) is 0 Å². The van der Waals surface area contributed by atoms with Crippen LogP contribution in [0.4, 0.5) is 5.82 Å². The summed E-state index contributed by atoms with van der Waals surface area (Å²) in [6, 6.07) is 1.77. The number of nitrogens with zero attached hydrogens (tertiary/aromatic N) is 2. The van der Waals surface area contributed by atoms with E-state index in [-0.39, 0.29) is 17.7 Å². The molecule has 2 N–H and O–H groups in total. The number of nitrogens with one attached hydrogen (secondary N) is 1. The van der Waals surface area contributed by atoms with E-state index in [2.05, 4.69) is 10.4 Å². The third kappa shape index (κ3) is 1.92. The second kappa shape index (κ2) is 4.47. The van der Waals surface area contributed by atoms with E-state index in [0.717, 1.165) is 12.1 Å². The van der Waals surface area contributed by atoms with E-state index < -0.39 is 17.8 Å². The molecule has 1 fully saturated rings. The van der Waals surface area contributed by atoms with Crippen LogP contribution in [0.5, 0.6) is 0 Å². The lowest BCUT2D eigenvalue weighted by Crippen LogP contribution is -2.36. The van der Waals surface area contributed by atoms with Crippen LogP contribution in [-0.4, -0.2) is 26.8 Å². The molecule has 1 heterocycles. The minimum absolute atomic E-state index is 0.0151. The number of amides is 1. The zero-order valence-electron chi connectivity index (χ0n) is 11.4. The van der Waals surface area contributed by atoms with Crippen molar-refractivity contribution in [2.45, 2.75) is 13.3 Å². The lowest BCUT2D eigenvalue weighted by Gasteiger charge is -2.23. The average molecular weight is 275 g/mol. The second-order valence-electron chi connectivity index (χ2n) is 5.62. The Morgan fingerprint density at radius 2 is 2.00 bits per heavy atom. The molecule has 6 heteroatoms. The fourth-order valence-electron chi connectivity index (χ4n) is 3.35. The van der Waals surface area contributed by atoms with Gasteiger partial charge in [-0.3, -0.25) is 14.3 Å². The van der Waals surface area contributed by atoms with Gasteiger partial charge in [-0.15, -0.1) is 0 Å². The molecule has 0 saturated heterocycles. The number of aryl methyl sites for hydroxylation is 2. The van der Waals surface area contributed by atoms with Gasteiger partial charge in [-0.1, -0.05) is 12.2 Å². The number of hydrogen-bond donors (Lipinski definition) is 2. The molecule has 0 aromatic carbocycles. The van der Waals surface area contributed by atoms with E-state index in [1.165, 1.54) is 0 Å². The Kier molecular flexibility index (Phi) is 2.88. The van der Waals surface area contributed by atoms with Crippen LogP contribution in [0.25, 0.3) is 0 Å².